The van der Waals surface area contributed by atoms with Gasteiger partial charge in [-0.15, -0.1) is 0 Å². The molecule has 276 valence electrons. The monoisotopic (exact) mass is 714 g/mol. The van der Waals surface area contributed by atoms with Crippen LogP contribution in [-0.4, -0.2) is 65.6 Å². The van der Waals surface area contributed by atoms with Gasteiger partial charge in [0.15, 0.2) is 0 Å². The van der Waals surface area contributed by atoms with Gasteiger partial charge >= 0.3 is 0 Å². The van der Waals surface area contributed by atoms with Gasteiger partial charge in [-0.1, -0.05) is 93.1 Å². The van der Waals surface area contributed by atoms with Gasteiger partial charge in [-0.05, 0) is 87.8 Å². The Morgan fingerprint density at radius 2 is 0.811 bits per heavy atom. The van der Waals surface area contributed by atoms with E-state index in [0.717, 1.165) is 42.6 Å². The third-order valence-corrected chi connectivity index (χ3v) is 9.92. The Bertz CT molecular complexity index is 1830. The van der Waals surface area contributed by atoms with E-state index in [4.69, 9.17) is 33.2 Å². The van der Waals surface area contributed by atoms with Gasteiger partial charge in [0.05, 0.1) is 26.4 Å². The summed E-state index contributed by atoms with van der Waals surface area (Å²) in [6.07, 6.45) is 1.52. The molecule has 0 spiro atoms. The van der Waals surface area contributed by atoms with Gasteiger partial charge in [0.25, 0.3) is 0 Å². The second-order valence-corrected chi connectivity index (χ2v) is 14.0. The molecule has 5 unspecified atom stereocenters. The highest BCUT2D eigenvalue weighted by atomic mass is 16.6. The summed E-state index contributed by atoms with van der Waals surface area (Å²) in [6.45, 7) is 8.88. The average molecular weight is 715 g/mol. The number of epoxide rings is 2. The van der Waals surface area contributed by atoms with Gasteiger partial charge in [0.1, 0.15) is 55.0 Å². The van der Waals surface area contributed by atoms with Crippen LogP contribution in [0.2, 0.25) is 0 Å². The summed E-state index contributed by atoms with van der Waals surface area (Å²) in [5, 5.41) is 0. The second-order valence-electron chi connectivity index (χ2n) is 14.0. The van der Waals surface area contributed by atoms with Gasteiger partial charge in [0, 0.05) is 18.9 Å². The number of hydrogen-bond acceptors (Lipinski definition) is 7. The number of rotatable bonds is 20. The zero-order valence-electron chi connectivity index (χ0n) is 30.9. The third-order valence-electron chi connectivity index (χ3n) is 9.92. The lowest BCUT2D eigenvalue weighted by atomic mass is 9.81. The molecule has 2 fully saturated rings. The maximum absolute atomic E-state index is 6.11. The third kappa shape index (κ3) is 10.2. The predicted molar refractivity (Wildman–Crippen MR) is 207 cm³/mol. The summed E-state index contributed by atoms with van der Waals surface area (Å²) in [6, 6.07) is 42.9. The number of benzene rings is 5. The van der Waals surface area contributed by atoms with Crippen LogP contribution in [0.25, 0.3) is 0 Å². The molecule has 0 radical (unpaired) electrons. The highest BCUT2D eigenvalue weighted by Crippen LogP contribution is 2.38. The zero-order valence-corrected chi connectivity index (χ0v) is 30.9. The van der Waals surface area contributed by atoms with Gasteiger partial charge in [-0.3, -0.25) is 0 Å². The summed E-state index contributed by atoms with van der Waals surface area (Å²) in [5.41, 5.74) is 7.13. The molecule has 0 bridgehead atoms. The van der Waals surface area contributed by atoms with Crippen molar-refractivity contribution in [2.24, 2.45) is 5.92 Å². The minimum Gasteiger partial charge on any atom is -0.493 e. The predicted octanol–water partition coefficient (Wildman–Crippen LogP) is 9.05. The molecule has 0 saturated carbocycles. The first kappa shape index (κ1) is 36.5. The van der Waals surface area contributed by atoms with Crippen LogP contribution < -0.4 is 18.9 Å². The van der Waals surface area contributed by atoms with Crippen molar-refractivity contribution in [1.82, 2.24) is 0 Å². The summed E-state index contributed by atoms with van der Waals surface area (Å²) < 4.78 is 39.7. The van der Waals surface area contributed by atoms with E-state index in [9.17, 15) is 0 Å². The molecule has 2 heterocycles. The first-order valence-corrected chi connectivity index (χ1v) is 18.8. The maximum Gasteiger partial charge on any atom is 0.119 e. The molecule has 2 saturated heterocycles. The molecule has 7 heteroatoms. The van der Waals surface area contributed by atoms with E-state index < -0.39 is 0 Å². The van der Waals surface area contributed by atoms with Crippen molar-refractivity contribution in [1.29, 1.82) is 0 Å². The van der Waals surface area contributed by atoms with Crippen molar-refractivity contribution >= 4 is 0 Å². The van der Waals surface area contributed by atoms with Crippen LogP contribution in [0.4, 0.5) is 0 Å². The molecular formula is C46H50O7. The van der Waals surface area contributed by atoms with Crippen molar-refractivity contribution in [3.63, 3.8) is 0 Å². The lowest BCUT2D eigenvalue weighted by Gasteiger charge is -2.23. The quantitative estimate of drug-likeness (QED) is 0.0453. The normalized spacial score (nSPS) is 17.7. The summed E-state index contributed by atoms with van der Waals surface area (Å²) in [5.74, 6) is 3.94. The fourth-order valence-electron chi connectivity index (χ4n) is 6.37. The highest BCUT2D eigenvalue weighted by molar-refractivity contribution is 5.50. The van der Waals surface area contributed by atoms with Gasteiger partial charge < -0.3 is 33.2 Å². The number of ether oxygens (including phenoxy) is 7. The molecule has 53 heavy (non-hydrogen) atoms. The second kappa shape index (κ2) is 17.8. The van der Waals surface area contributed by atoms with Gasteiger partial charge in [-0.2, -0.15) is 0 Å². The van der Waals surface area contributed by atoms with Crippen LogP contribution in [0.3, 0.4) is 0 Å². The Hall–Kier alpha value is -4.82. The summed E-state index contributed by atoms with van der Waals surface area (Å²) in [4.78, 5) is 0. The number of hydrogen-bond donors (Lipinski definition) is 0. The zero-order chi connectivity index (χ0) is 36.4. The van der Waals surface area contributed by atoms with Crippen molar-refractivity contribution in [3.8, 4) is 23.0 Å². The molecule has 2 aliphatic rings. The first-order valence-electron chi connectivity index (χ1n) is 18.8. The molecule has 2 aliphatic heterocycles. The number of methoxy groups -OCH3 is 1. The van der Waals surface area contributed by atoms with Crippen LogP contribution in [0.15, 0.2) is 121 Å². The van der Waals surface area contributed by atoms with Crippen LogP contribution in [0.5, 0.6) is 23.0 Å². The van der Waals surface area contributed by atoms with Crippen LogP contribution in [0, 0.1) is 5.92 Å². The van der Waals surface area contributed by atoms with Gasteiger partial charge in [-0.25, -0.2) is 0 Å². The Kier molecular flexibility index (Phi) is 12.3. The fourth-order valence-corrected chi connectivity index (χ4v) is 6.37. The molecule has 0 aromatic heterocycles. The lowest BCUT2D eigenvalue weighted by Crippen LogP contribution is -2.08. The SMILES string of the molecule is CCC(C)COc1ccc(C(c2ccc(OCC3CO3)cc2)c2ccc(C(c3ccc(OCCOC)cc3)c3ccc(OCC4CO4)cc3)cc2)cc1. The van der Waals surface area contributed by atoms with E-state index in [0.29, 0.717) is 39.0 Å². The van der Waals surface area contributed by atoms with Crippen LogP contribution >= 0.6 is 0 Å². The maximum atomic E-state index is 6.11. The van der Waals surface area contributed by atoms with E-state index in [1.165, 1.54) is 33.4 Å². The van der Waals surface area contributed by atoms with Gasteiger partial charge in [0.2, 0.25) is 0 Å². The molecule has 0 aliphatic carbocycles. The molecule has 7 nitrogen and oxygen atoms in total. The minimum absolute atomic E-state index is 0.00478. The van der Waals surface area contributed by atoms with Crippen molar-refractivity contribution in [3.05, 3.63) is 155 Å². The van der Waals surface area contributed by atoms with Crippen molar-refractivity contribution in [2.75, 3.05) is 53.4 Å². The van der Waals surface area contributed by atoms with Crippen LogP contribution in [-0.2, 0) is 14.2 Å². The smallest absolute Gasteiger partial charge is 0.119 e. The summed E-state index contributed by atoms with van der Waals surface area (Å²) in [7, 11) is 1.68. The Labute approximate surface area is 313 Å². The largest absolute Gasteiger partial charge is 0.493 e. The van der Waals surface area contributed by atoms with E-state index in [1.807, 2.05) is 12.1 Å². The molecular weight excluding hydrogens is 664 g/mol. The molecule has 5 aromatic carbocycles. The van der Waals surface area contributed by atoms with Crippen molar-refractivity contribution in [2.45, 2.75) is 44.3 Å². The lowest BCUT2D eigenvalue weighted by molar-refractivity contribution is 0.146. The minimum atomic E-state index is 0.00478. The van der Waals surface area contributed by atoms with E-state index >= 15 is 0 Å². The Balaban J connectivity index is 1.18. The molecule has 0 amide bonds. The van der Waals surface area contributed by atoms with Crippen LogP contribution in [0.1, 0.15) is 65.5 Å². The molecule has 7 rings (SSSR count). The molecule has 0 N–H and O–H groups in total. The first-order chi connectivity index (χ1) is 26.1. The molecule has 5 aromatic rings. The molecule has 5 atom stereocenters. The average Bonchev–Trinajstić information content (AvgIpc) is 4.15. The topological polar surface area (TPSA) is 71.2 Å². The van der Waals surface area contributed by atoms with Crippen molar-refractivity contribution < 1.29 is 33.2 Å². The summed E-state index contributed by atoms with van der Waals surface area (Å²) >= 11 is 0. The van der Waals surface area contributed by atoms with E-state index in [1.54, 1.807) is 7.11 Å². The van der Waals surface area contributed by atoms with E-state index in [-0.39, 0.29) is 24.0 Å². The fraction of sp³-hybridized carbons (Fsp3) is 0.348. The highest BCUT2D eigenvalue weighted by Gasteiger charge is 2.25. The Morgan fingerprint density at radius 3 is 1.13 bits per heavy atom. The Morgan fingerprint density at radius 1 is 0.491 bits per heavy atom. The van der Waals surface area contributed by atoms with E-state index in [2.05, 4.69) is 123 Å². The standard InChI is InChI=1S/C46H50O7/c1-4-32(2)27-49-40-19-11-36(12-20-40)46(38-15-23-42(24-16-38)51-29-44-31-53-44)34-7-5-33(6-8-34)45(35-9-17-39(18-10-35)48-26-25-47-3)37-13-21-41(22-14-37)50-28-43-30-52-43/h5-24,32,43-46H,4,25-31H2,1-3H3.